The molecule has 0 saturated heterocycles. The fraction of sp³-hybridized carbons (Fsp3) is 0.500. The van der Waals surface area contributed by atoms with E-state index in [9.17, 15) is 4.79 Å². The number of benzene rings is 1. The van der Waals surface area contributed by atoms with E-state index >= 15 is 0 Å². The van der Waals surface area contributed by atoms with Crippen molar-refractivity contribution in [3.05, 3.63) is 35.9 Å². The molecule has 106 valence electrons. The van der Waals surface area contributed by atoms with Gasteiger partial charge in [-0.2, -0.15) is 0 Å². The highest BCUT2D eigenvalue weighted by Gasteiger charge is 2.22. The fourth-order valence-corrected chi connectivity index (χ4v) is 1.90. The molecule has 1 rings (SSSR count). The van der Waals surface area contributed by atoms with E-state index in [1.807, 2.05) is 30.3 Å². The van der Waals surface area contributed by atoms with E-state index < -0.39 is 6.10 Å². The number of hydrogen-bond donors (Lipinski definition) is 2. The van der Waals surface area contributed by atoms with Gasteiger partial charge in [-0.3, -0.25) is 4.79 Å². The monoisotopic (exact) mass is 266 g/mol. The standard InChI is InChI=1S/C14H22N2O3/c1-18-10-12(8-9-15)16-14(17)13(19-2)11-6-4-3-5-7-11/h3-7,12-13H,8-10,15H2,1-2H3,(H,16,17). The number of ether oxygens (including phenoxy) is 2. The first-order valence-electron chi connectivity index (χ1n) is 6.30. The molecule has 0 saturated carbocycles. The normalized spacial score (nSPS) is 13.8. The molecule has 0 fully saturated rings. The van der Waals surface area contributed by atoms with Crippen molar-refractivity contribution in [1.82, 2.24) is 5.32 Å². The number of carbonyl (C=O) groups is 1. The van der Waals surface area contributed by atoms with Crippen LogP contribution in [0.3, 0.4) is 0 Å². The Morgan fingerprint density at radius 2 is 2.00 bits per heavy atom. The summed E-state index contributed by atoms with van der Waals surface area (Å²) in [5, 5.41) is 2.90. The molecule has 0 aliphatic carbocycles. The zero-order valence-electron chi connectivity index (χ0n) is 11.5. The van der Waals surface area contributed by atoms with Crippen molar-refractivity contribution in [2.24, 2.45) is 5.73 Å². The highest BCUT2D eigenvalue weighted by molar-refractivity contribution is 5.82. The van der Waals surface area contributed by atoms with Gasteiger partial charge in [0.05, 0.1) is 12.6 Å². The van der Waals surface area contributed by atoms with Crippen LogP contribution in [0.5, 0.6) is 0 Å². The van der Waals surface area contributed by atoms with Gasteiger partial charge in [0, 0.05) is 14.2 Å². The van der Waals surface area contributed by atoms with Gasteiger partial charge in [0.2, 0.25) is 0 Å². The number of amides is 1. The summed E-state index contributed by atoms with van der Waals surface area (Å²) in [6.07, 6.45) is 0.0588. The summed E-state index contributed by atoms with van der Waals surface area (Å²) in [5.41, 5.74) is 6.34. The molecule has 1 amide bonds. The first-order chi connectivity index (χ1) is 9.22. The second kappa shape index (κ2) is 8.63. The van der Waals surface area contributed by atoms with E-state index in [2.05, 4.69) is 5.32 Å². The Kier molecular flexibility index (Phi) is 7.10. The van der Waals surface area contributed by atoms with E-state index in [0.717, 1.165) is 5.56 Å². The summed E-state index contributed by atoms with van der Waals surface area (Å²) in [5.74, 6) is -0.177. The van der Waals surface area contributed by atoms with Crippen molar-refractivity contribution < 1.29 is 14.3 Å². The van der Waals surface area contributed by atoms with Crippen LogP contribution in [0.2, 0.25) is 0 Å². The molecule has 5 nitrogen and oxygen atoms in total. The van der Waals surface area contributed by atoms with Gasteiger partial charge in [0.25, 0.3) is 5.91 Å². The number of hydrogen-bond acceptors (Lipinski definition) is 4. The van der Waals surface area contributed by atoms with Gasteiger partial charge in [-0.05, 0) is 18.5 Å². The molecule has 0 radical (unpaired) electrons. The second-order valence-electron chi connectivity index (χ2n) is 4.26. The maximum absolute atomic E-state index is 12.2. The molecule has 2 atom stereocenters. The van der Waals surface area contributed by atoms with E-state index in [1.165, 1.54) is 7.11 Å². The van der Waals surface area contributed by atoms with Crippen LogP contribution < -0.4 is 11.1 Å². The van der Waals surface area contributed by atoms with Crippen LogP contribution in [0.4, 0.5) is 0 Å². The summed E-state index contributed by atoms with van der Waals surface area (Å²) in [6, 6.07) is 9.28. The molecular formula is C14H22N2O3. The zero-order valence-corrected chi connectivity index (χ0v) is 11.5. The number of methoxy groups -OCH3 is 2. The summed E-state index contributed by atoms with van der Waals surface area (Å²) in [4.78, 5) is 12.2. The highest BCUT2D eigenvalue weighted by Crippen LogP contribution is 2.16. The van der Waals surface area contributed by atoms with Gasteiger partial charge in [0.15, 0.2) is 6.10 Å². The number of nitrogens with two attached hydrogens (primary N) is 1. The predicted octanol–water partition coefficient (Wildman–Crippen LogP) is 0.854. The summed E-state index contributed by atoms with van der Waals surface area (Å²) in [6.45, 7) is 0.936. The molecule has 0 aromatic heterocycles. The molecule has 0 aliphatic rings. The second-order valence-corrected chi connectivity index (χ2v) is 4.26. The van der Waals surface area contributed by atoms with Gasteiger partial charge in [-0.25, -0.2) is 0 Å². The van der Waals surface area contributed by atoms with Crippen molar-refractivity contribution in [2.75, 3.05) is 27.4 Å². The Morgan fingerprint density at radius 3 is 2.53 bits per heavy atom. The van der Waals surface area contributed by atoms with E-state index in [-0.39, 0.29) is 11.9 Å². The smallest absolute Gasteiger partial charge is 0.254 e. The van der Waals surface area contributed by atoms with Crippen LogP contribution in [-0.2, 0) is 14.3 Å². The lowest BCUT2D eigenvalue weighted by atomic mass is 10.1. The topological polar surface area (TPSA) is 73.6 Å². The Morgan fingerprint density at radius 1 is 1.32 bits per heavy atom. The number of carbonyl (C=O) groups excluding carboxylic acids is 1. The molecular weight excluding hydrogens is 244 g/mol. The van der Waals surface area contributed by atoms with Crippen LogP contribution in [-0.4, -0.2) is 39.3 Å². The zero-order chi connectivity index (χ0) is 14.1. The van der Waals surface area contributed by atoms with Crippen LogP contribution in [0.1, 0.15) is 18.1 Å². The first kappa shape index (κ1) is 15.6. The van der Waals surface area contributed by atoms with E-state index in [1.54, 1.807) is 7.11 Å². The van der Waals surface area contributed by atoms with Crippen LogP contribution >= 0.6 is 0 Å². The summed E-state index contributed by atoms with van der Waals surface area (Å²) < 4.78 is 10.3. The molecule has 5 heteroatoms. The van der Waals surface area contributed by atoms with Crippen molar-refractivity contribution in [3.8, 4) is 0 Å². The maximum Gasteiger partial charge on any atom is 0.254 e. The van der Waals surface area contributed by atoms with Gasteiger partial charge in [0.1, 0.15) is 0 Å². The lowest BCUT2D eigenvalue weighted by Crippen LogP contribution is -2.42. The van der Waals surface area contributed by atoms with Crippen molar-refractivity contribution in [3.63, 3.8) is 0 Å². The Hall–Kier alpha value is -1.43. The molecule has 0 bridgehead atoms. The van der Waals surface area contributed by atoms with Gasteiger partial charge in [-0.1, -0.05) is 30.3 Å². The first-order valence-corrected chi connectivity index (χ1v) is 6.30. The Balaban J connectivity index is 2.68. The fourth-order valence-electron chi connectivity index (χ4n) is 1.90. The number of nitrogens with one attached hydrogen (secondary N) is 1. The average molecular weight is 266 g/mol. The van der Waals surface area contributed by atoms with Crippen molar-refractivity contribution >= 4 is 5.91 Å². The number of rotatable bonds is 8. The molecule has 1 aromatic carbocycles. The van der Waals surface area contributed by atoms with Crippen LogP contribution in [0, 0.1) is 0 Å². The van der Waals surface area contributed by atoms with Gasteiger partial charge in [-0.15, -0.1) is 0 Å². The minimum atomic E-state index is -0.613. The third kappa shape index (κ3) is 4.98. The molecule has 3 N–H and O–H groups in total. The summed E-state index contributed by atoms with van der Waals surface area (Å²) >= 11 is 0. The minimum Gasteiger partial charge on any atom is -0.383 e. The largest absolute Gasteiger partial charge is 0.383 e. The molecule has 2 unspecified atom stereocenters. The average Bonchev–Trinajstić information content (AvgIpc) is 2.41. The minimum absolute atomic E-state index is 0.0936. The third-order valence-corrected chi connectivity index (χ3v) is 2.81. The van der Waals surface area contributed by atoms with E-state index in [0.29, 0.717) is 19.6 Å². The molecule has 0 heterocycles. The predicted molar refractivity (Wildman–Crippen MR) is 73.7 cm³/mol. The third-order valence-electron chi connectivity index (χ3n) is 2.81. The highest BCUT2D eigenvalue weighted by atomic mass is 16.5. The van der Waals surface area contributed by atoms with Gasteiger partial charge < -0.3 is 20.5 Å². The van der Waals surface area contributed by atoms with E-state index in [4.69, 9.17) is 15.2 Å². The van der Waals surface area contributed by atoms with Crippen molar-refractivity contribution in [2.45, 2.75) is 18.6 Å². The summed E-state index contributed by atoms with van der Waals surface area (Å²) in [7, 11) is 3.12. The van der Waals surface area contributed by atoms with Crippen LogP contribution in [0.25, 0.3) is 0 Å². The van der Waals surface area contributed by atoms with Gasteiger partial charge >= 0.3 is 0 Å². The lowest BCUT2D eigenvalue weighted by Gasteiger charge is -2.21. The lowest BCUT2D eigenvalue weighted by molar-refractivity contribution is -0.132. The quantitative estimate of drug-likeness (QED) is 0.731. The Bertz CT molecular complexity index is 364. The Labute approximate surface area is 114 Å². The SMILES string of the molecule is COCC(CCN)NC(=O)C(OC)c1ccccc1. The molecule has 0 spiro atoms. The van der Waals surface area contributed by atoms with Crippen molar-refractivity contribution in [1.29, 1.82) is 0 Å². The maximum atomic E-state index is 12.2. The molecule has 1 aromatic rings. The molecule has 19 heavy (non-hydrogen) atoms. The van der Waals surface area contributed by atoms with Crippen LogP contribution in [0.15, 0.2) is 30.3 Å². The molecule has 0 aliphatic heterocycles.